The van der Waals surface area contributed by atoms with Crippen LogP contribution in [-0.2, 0) is 6.42 Å². The molecule has 2 nitrogen and oxygen atoms in total. The molecule has 0 aliphatic rings. The number of nitrogens with zero attached hydrogens (tertiary/aromatic N) is 1. The largest absolute Gasteiger partial charge is 0.288 e. The van der Waals surface area contributed by atoms with Crippen molar-refractivity contribution in [2.45, 2.75) is 13.3 Å². The van der Waals surface area contributed by atoms with Gasteiger partial charge in [0.2, 0.25) is 5.78 Å². The summed E-state index contributed by atoms with van der Waals surface area (Å²) in [5.74, 6) is 0.0403. The highest BCUT2D eigenvalue weighted by atomic mass is 79.9. The maximum atomic E-state index is 12.1. The van der Waals surface area contributed by atoms with Crippen molar-refractivity contribution in [3.63, 3.8) is 0 Å². The Morgan fingerprint density at radius 3 is 2.88 bits per heavy atom. The minimum atomic E-state index is 0.0403. The molecular formula is C12H10BrNOS. The van der Waals surface area contributed by atoms with E-state index in [0.29, 0.717) is 5.56 Å². The van der Waals surface area contributed by atoms with E-state index in [9.17, 15) is 4.79 Å². The van der Waals surface area contributed by atoms with Gasteiger partial charge >= 0.3 is 0 Å². The van der Waals surface area contributed by atoms with Crippen LogP contribution in [0.5, 0.6) is 0 Å². The normalized spacial score (nSPS) is 10.4. The first kappa shape index (κ1) is 11.5. The summed E-state index contributed by atoms with van der Waals surface area (Å²) in [6.07, 6.45) is 4.23. The van der Waals surface area contributed by atoms with E-state index in [2.05, 4.69) is 27.8 Å². The van der Waals surface area contributed by atoms with Crippen LogP contribution in [0, 0.1) is 0 Å². The van der Waals surface area contributed by atoms with E-state index in [1.54, 1.807) is 29.8 Å². The second-order valence-electron chi connectivity index (χ2n) is 3.34. The standard InChI is InChI=1S/C12H10BrNOS/c1-2-10-3-4-11(16-10)12(15)8-5-9(13)7-14-6-8/h3-7H,2H2,1H3. The summed E-state index contributed by atoms with van der Waals surface area (Å²) in [5.41, 5.74) is 0.624. The molecule has 16 heavy (non-hydrogen) atoms. The zero-order chi connectivity index (χ0) is 11.5. The summed E-state index contributed by atoms with van der Waals surface area (Å²) in [6, 6.07) is 5.68. The van der Waals surface area contributed by atoms with Gasteiger partial charge in [0.25, 0.3) is 0 Å². The Kier molecular flexibility index (Phi) is 3.51. The van der Waals surface area contributed by atoms with Gasteiger partial charge in [-0.3, -0.25) is 9.78 Å². The van der Waals surface area contributed by atoms with Gasteiger partial charge in [-0.05, 0) is 40.5 Å². The lowest BCUT2D eigenvalue weighted by Crippen LogP contribution is -1.98. The lowest BCUT2D eigenvalue weighted by molar-refractivity contribution is 0.104. The predicted octanol–water partition coefficient (Wildman–Crippen LogP) is 3.70. The Bertz CT molecular complexity index is 521. The Labute approximate surface area is 106 Å². The molecule has 0 N–H and O–H groups in total. The zero-order valence-corrected chi connectivity index (χ0v) is 11.1. The summed E-state index contributed by atoms with van der Waals surface area (Å²) in [7, 11) is 0. The average Bonchev–Trinajstić information content (AvgIpc) is 2.76. The lowest BCUT2D eigenvalue weighted by Gasteiger charge is -1.97. The van der Waals surface area contributed by atoms with Crippen LogP contribution in [0.3, 0.4) is 0 Å². The molecule has 2 heterocycles. The minimum absolute atomic E-state index is 0.0403. The Balaban J connectivity index is 2.31. The Morgan fingerprint density at radius 2 is 2.25 bits per heavy atom. The third-order valence-electron chi connectivity index (χ3n) is 2.20. The predicted molar refractivity (Wildman–Crippen MR) is 69.1 cm³/mol. The van der Waals surface area contributed by atoms with Crippen LogP contribution in [0.4, 0.5) is 0 Å². The first-order valence-electron chi connectivity index (χ1n) is 4.94. The molecule has 0 unspecified atom stereocenters. The molecule has 0 amide bonds. The zero-order valence-electron chi connectivity index (χ0n) is 8.74. The summed E-state index contributed by atoms with van der Waals surface area (Å²) in [5, 5.41) is 0. The number of hydrogen-bond acceptors (Lipinski definition) is 3. The molecule has 0 spiro atoms. The molecule has 4 heteroatoms. The minimum Gasteiger partial charge on any atom is -0.288 e. The Hall–Kier alpha value is -1.000. The molecule has 0 aliphatic carbocycles. The molecule has 2 aromatic heterocycles. The number of pyridine rings is 1. The number of ketones is 1. The van der Waals surface area contributed by atoms with Crippen LogP contribution in [-0.4, -0.2) is 10.8 Å². The third-order valence-corrected chi connectivity index (χ3v) is 3.86. The van der Waals surface area contributed by atoms with E-state index in [4.69, 9.17) is 0 Å². The topological polar surface area (TPSA) is 30.0 Å². The quantitative estimate of drug-likeness (QED) is 0.808. The van der Waals surface area contributed by atoms with Gasteiger partial charge in [0, 0.05) is 27.3 Å². The molecule has 2 rings (SSSR count). The first-order valence-corrected chi connectivity index (χ1v) is 6.55. The molecule has 0 saturated carbocycles. The molecule has 82 valence electrons. The number of aromatic nitrogens is 1. The second-order valence-corrected chi connectivity index (χ2v) is 5.42. The van der Waals surface area contributed by atoms with Crippen molar-refractivity contribution < 1.29 is 4.79 Å². The highest BCUT2D eigenvalue weighted by Crippen LogP contribution is 2.21. The summed E-state index contributed by atoms with van der Waals surface area (Å²) < 4.78 is 0.825. The fraction of sp³-hybridized carbons (Fsp3) is 0.167. The number of halogens is 1. The molecule has 0 radical (unpaired) electrons. The molecule has 0 aromatic carbocycles. The van der Waals surface area contributed by atoms with Gasteiger partial charge in [-0.2, -0.15) is 0 Å². The summed E-state index contributed by atoms with van der Waals surface area (Å²) >= 11 is 4.86. The van der Waals surface area contributed by atoms with Gasteiger partial charge in [-0.15, -0.1) is 11.3 Å². The highest BCUT2D eigenvalue weighted by Gasteiger charge is 2.12. The van der Waals surface area contributed by atoms with E-state index in [1.165, 1.54) is 4.88 Å². The van der Waals surface area contributed by atoms with E-state index in [1.807, 2.05) is 12.1 Å². The van der Waals surface area contributed by atoms with Gasteiger partial charge < -0.3 is 0 Å². The molecule has 0 bridgehead atoms. The van der Waals surface area contributed by atoms with E-state index in [0.717, 1.165) is 15.8 Å². The number of rotatable bonds is 3. The van der Waals surface area contributed by atoms with E-state index < -0.39 is 0 Å². The number of aryl methyl sites for hydroxylation is 1. The number of thiophene rings is 1. The fourth-order valence-corrected chi connectivity index (χ4v) is 2.64. The lowest BCUT2D eigenvalue weighted by atomic mass is 10.1. The van der Waals surface area contributed by atoms with Crippen molar-refractivity contribution in [3.8, 4) is 0 Å². The highest BCUT2D eigenvalue weighted by molar-refractivity contribution is 9.10. The number of hydrogen-bond donors (Lipinski definition) is 0. The SMILES string of the molecule is CCc1ccc(C(=O)c2cncc(Br)c2)s1. The molecule has 2 aromatic rings. The van der Waals surface area contributed by atoms with Crippen LogP contribution < -0.4 is 0 Å². The van der Waals surface area contributed by atoms with Crippen molar-refractivity contribution in [2.24, 2.45) is 0 Å². The second kappa shape index (κ2) is 4.89. The monoisotopic (exact) mass is 295 g/mol. The Morgan fingerprint density at radius 1 is 1.44 bits per heavy atom. The van der Waals surface area contributed by atoms with Crippen molar-refractivity contribution >= 4 is 33.0 Å². The van der Waals surface area contributed by atoms with Crippen LogP contribution in [0.2, 0.25) is 0 Å². The van der Waals surface area contributed by atoms with E-state index in [-0.39, 0.29) is 5.78 Å². The van der Waals surface area contributed by atoms with Gasteiger partial charge in [0.15, 0.2) is 0 Å². The number of carbonyl (C=O) groups excluding carboxylic acids is 1. The van der Waals surface area contributed by atoms with Gasteiger partial charge in [-0.25, -0.2) is 0 Å². The summed E-state index contributed by atoms with van der Waals surface area (Å²) in [4.78, 5) is 18.1. The summed E-state index contributed by atoms with van der Waals surface area (Å²) in [6.45, 7) is 2.08. The first-order chi connectivity index (χ1) is 7.70. The molecule has 0 atom stereocenters. The van der Waals surface area contributed by atoms with Gasteiger partial charge in [0.1, 0.15) is 0 Å². The fourth-order valence-electron chi connectivity index (χ4n) is 1.37. The molecule has 0 fully saturated rings. The molecular weight excluding hydrogens is 286 g/mol. The van der Waals surface area contributed by atoms with Gasteiger partial charge in [-0.1, -0.05) is 6.92 Å². The van der Waals surface area contributed by atoms with Crippen molar-refractivity contribution in [2.75, 3.05) is 0 Å². The van der Waals surface area contributed by atoms with E-state index >= 15 is 0 Å². The van der Waals surface area contributed by atoms with Crippen molar-refractivity contribution in [1.29, 1.82) is 0 Å². The van der Waals surface area contributed by atoms with Crippen LogP contribution >= 0.6 is 27.3 Å². The third kappa shape index (κ3) is 2.39. The molecule has 0 saturated heterocycles. The van der Waals surface area contributed by atoms with Crippen LogP contribution in [0.1, 0.15) is 27.0 Å². The average molecular weight is 296 g/mol. The van der Waals surface area contributed by atoms with Crippen LogP contribution in [0.25, 0.3) is 0 Å². The maximum absolute atomic E-state index is 12.1. The van der Waals surface area contributed by atoms with Gasteiger partial charge in [0.05, 0.1) is 4.88 Å². The molecule has 0 aliphatic heterocycles. The smallest absolute Gasteiger partial charge is 0.204 e. The van der Waals surface area contributed by atoms with Crippen molar-refractivity contribution in [1.82, 2.24) is 4.98 Å². The van der Waals surface area contributed by atoms with Crippen LogP contribution in [0.15, 0.2) is 35.1 Å². The maximum Gasteiger partial charge on any atom is 0.204 e. The number of carbonyl (C=O) groups is 1. The van der Waals surface area contributed by atoms with Crippen molar-refractivity contribution in [3.05, 3.63) is 50.4 Å².